The van der Waals surface area contributed by atoms with Crippen molar-refractivity contribution in [1.29, 1.82) is 0 Å². The molecule has 0 aliphatic heterocycles. The van der Waals surface area contributed by atoms with E-state index in [1.54, 1.807) is 20.8 Å². The summed E-state index contributed by atoms with van der Waals surface area (Å²) < 4.78 is 248. The zero-order valence-electron chi connectivity index (χ0n) is 24.5. The van der Waals surface area contributed by atoms with E-state index in [1.165, 1.54) is 0 Å². The highest BCUT2D eigenvalue weighted by Gasteiger charge is 2.95. The van der Waals surface area contributed by atoms with Crippen molar-refractivity contribution in [3.63, 3.8) is 0 Å². The van der Waals surface area contributed by atoms with E-state index in [1.807, 2.05) is 0 Å². The third-order valence-electron chi connectivity index (χ3n) is 6.69. The van der Waals surface area contributed by atoms with Crippen molar-refractivity contribution in [1.82, 2.24) is 0 Å². The number of hydrogen-bond acceptors (Lipinski definition) is 3. The fraction of sp³-hybridized carbons (Fsp3) is 1.00. The van der Waals surface area contributed by atoms with Crippen molar-refractivity contribution in [2.75, 3.05) is 19.8 Å². The van der Waals surface area contributed by atoms with Gasteiger partial charge in [0.2, 0.25) is 0 Å². The van der Waals surface area contributed by atoms with Gasteiger partial charge in [-0.05, 0) is 25.7 Å². The first kappa shape index (κ1) is 43.7. The van der Waals surface area contributed by atoms with Crippen LogP contribution in [0.15, 0.2) is 0 Å². The molecule has 0 spiro atoms. The highest BCUT2D eigenvalue weighted by Crippen LogP contribution is 2.64. The van der Waals surface area contributed by atoms with Gasteiger partial charge in [-0.2, -0.15) is 74.6 Å². The summed E-state index contributed by atoms with van der Waals surface area (Å²) in [5, 5.41) is 0. The molecule has 3 nitrogen and oxygen atoms in total. The molecule has 45 heavy (non-hydrogen) atoms. The van der Waals surface area contributed by atoms with Gasteiger partial charge in [-0.15, -0.1) is 0 Å². The van der Waals surface area contributed by atoms with Gasteiger partial charge in [0.15, 0.2) is 0 Å². The van der Waals surface area contributed by atoms with Crippen LogP contribution in [0.4, 0.5) is 74.6 Å². The Hall–Kier alpha value is -1.31. The second-order valence-corrected chi connectivity index (χ2v) is 10.3. The molecule has 272 valence electrons. The Morgan fingerprint density at radius 2 is 0.733 bits per heavy atom. The Labute approximate surface area is 248 Å². The molecule has 20 heteroatoms. The van der Waals surface area contributed by atoms with Gasteiger partial charge in [-0.25, -0.2) is 0 Å². The quantitative estimate of drug-likeness (QED) is 0.0637. The predicted molar refractivity (Wildman–Crippen MR) is 124 cm³/mol. The molecule has 0 fully saturated rings. The largest absolute Gasteiger partial charge is 0.460 e. The van der Waals surface area contributed by atoms with E-state index in [0.717, 1.165) is 6.92 Å². The van der Waals surface area contributed by atoms with E-state index in [4.69, 9.17) is 14.2 Å². The van der Waals surface area contributed by atoms with E-state index in [0.29, 0.717) is 38.5 Å². The standard InChI is InChI=1S/C25H35F17O3/c1-5-8-13-43-18(44-14-9-6-2,45-15-10-7-3)16(4)11-12-17(26,27)19(28,29)20(30,31)21(32,33)22(34,35)23(36,37)24(38,39)25(40,41)42/h16H,5-15H2,1-4H3. The lowest BCUT2D eigenvalue weighted by atomic mass is 9.87. The van der Waals surface area contributed by atoms with Crippen molar-refractivity contribution in [2.24, 2.45) is 5.92 Å². The van der Waals surface area contributed by atoms with Crippen LogP contribution in [0.5, 0.6) is 0 Å². The fourth-order valence-corrected chi connectivity index (χ4v) is 3.56. The molecule has 0 N–H and O–H groups in total. The Bertz CT molecular complexity index is 864. The third kappa shape index (κ3) is 8.41. The average Bonchev–Trinajstić information content (AvgIpc) is 2.90. The lowest BCUT2D eigenvalue weighted by molar-refractivity contribution is -0.462. The van der Waals surface area contributed by atoms with Crippen LogP contribution >= 0.6 is 0 Å². The van der Waals surface area contributed by atoms with Gasteiger partial charge >= 0.3 is 47.6 Å². The fourth-order valence-electron chi connectivity index (χ4n) is 3.56. The monoisotopic (exact) mass is 706 g/mol. The van der Waals surface area contributed by atoms with Crippen molar-refractivity contribution in [2.45, 2.75) is 133 Å². The Morgan fingerprint density at radius 3 is 1.02 bits per heavy atom. The predicted octanol–water partition coefficient (Wildman–Crippen LogP) is 10.5. The molecule has 0 aliphatic rings. The molecule has 0 saturated carbocycles. The van der Waals surface area contributed by atoms with E-state index >= 15 is 0 Å². The van der Waals surface area contributed by atoms with E-state index in [2.05, 4.69) is 0 Å². The van der Waals surface area contributed by atoms with Crippen LogP contribution in [0.2, 0.25) is 0 Å². The van der Waals surface area contributed by atoms with Crippen molar-refractivity contribution < 1.29 is 88.8 Å². The minimum absolute atomic E-state index is 0.179. The maximum atomic E-state index is 14.6. The highest BCUT2D eigenvalue weighted by molar-refractivity contribution is 5.15. The molecule has 0 radical (unpaired) electrons. The summed E-state index contributed by atoms with van der Waals surface area (Å²) in [5.41, 5.74) is 0. The molecule has 0 heterocycles. The Kier molecular flexibility index (Phi) is 14.8. The molecule has 1 unspecified atom stereocenters. The number of rotatable bonds is 22. The van der Waals surface area contributed by atoms with Crippen molar-refractivity contribution in [3.8, 4) is 0 Å². The van der Waals surface area contributed by atoms with E-state index in [9.17, 15) is 74.6 Å². The minimum Gasteiger partial charge on any atom is -0.327 e. The molecular weight excluding hydrogens is 671 g/mol. The summed E-state index contributed by atoms with van der Waals surface area (Å²) >= 11 is 0. The summed E-state index contributed by atoms with van der Waals surface area (Å²) in [5.74, 6) is -60.4. The van der Waals surface area contributed by atoms with Crippen LogP contribution in [-0.4, -0.2) is 73.4 Å². The topological polar surface area (TPSA) is 27.7 Å². The zero-order chi connectivity index (χ0) is 36.0. The molecule has 0 aromatic carbocycles. The number of halogens is 17. The molecule has 0 aliphatic carbocycles. The molecule has 0 aromatic rings. The zero-order valence-corrected chi connectivity index (χ0v) is 24.5. The van der Waals surface area contributed by atoms with Gasteiger partial charge in [0.1, 0.15) is 0 Å². The van der Waals surface area contributed by atoms with Crippen LogP contribution < -0.4 is 0 Å². The van der Waals surface area contributed by atoms with Crippen molar-refractivity contribution in [3.05, 3.63) is 0 Å². The average molecular weight is 707 g/mol. The minimum atomic E-state index is -8.65. The van der Waals surface area contributed by atoms with Gasteiger partial charge in [-0.3, -0.25) is 0 Å². The molecule has 0 rings (SSSR count). The van der Waals surface area contributed by atoms with Gasteiger partial charge < -0.3 is 14.2 Å². The Balaban J connectivity index is 6.55. The van der Waals surface area contributed by atoms with Crippen LogP contribution in [0.1, 0.15) is 79.1 Å². The smallest absolute Gasteiger partial charge is 0.327 e. The summed E-state index contributed by atoms with van der Waals surface area (Å²) in [6.45, 7) is 5.54. The van der Waals surface area contributed by atoms with Gasteiger partial charge in [0.05, 0.1) is 19.8 Å². The maximum absolute atomic E-state index is 14.6. The lowest BCUT2D eigenvalue weighted by Crippen LogP contribution is -2.74. The molecule has 0 aromatic heterocycles. The number of hydrogen-bond donors (Lipinski definition) is 0. The summed E-state index contributed by atoms with van der Waals surface area (Å²) in [6.07, 6.45) is -9.37. The molecule has 0 saturated heterocycles. The van der Waals surface area contributed by atoms with Crippen LogP contribution in [0.25, 0.3) is 0 Å². The normalized spacial score (nSPS) is 15.9. The molecule has 1 atom stereocenters. The van der Waals surface area contributed by atoms with E-state index < -0.39 is 72.4 Å². The number of unbranched alkanes of at least 4 members (excludes halogenated alkanes) is 3. The molecule has 0 bridgehead atoms. The van der Waals surface area contributed by atoms with Crippen LogP contribution in [0.3, 0.4) is 0 Å². The van der Waals surface area contributed by atoms with Crippen LogP contribution in [0, 0.1) is 5.92 Å². The van der Waals surface area contributed by atoms with Gasteiger partial charge in [0, 0.05) is 12.3 Å². The third-order valence-corrected chi connectivity index (χ3v) is 6.69. The second-order valence-electron chi connectivity index (χ2n) is 10.3. The first-order chi connectivity index (χ1) is 20.1. The van der Waals surface area contributed by atoms with Gasteiger partial charge in [0.25, 0.3) is 5.97 Å². The number of alkyl halides is 17. The van der Waals surface area contributed by atoms with Crippen molar-refractivity contribution >= 4 is 0 Å². The Morgan fingerprint density at radius 1 is 0.444 bits per heavy atom. The molecule has 0 amide bonds. The molecular formula is C25H35F17O3. The van der Waals surface area contributed by atoms with E-state index in [-0.39, 0.29) is 19.8 Å². The first-order valence-corrected chi connectivity index (χ1v) is 13.7. The maximum Gasteiger partial charge on any atom is 0.460 e. The van der Waals surface area contributed by atoms with Crippen LogP contribution in [-0.2, 0) is 14.2 Å². The number of ether oxygens (including phenoxy) is 3. The summed E-state index contributed by atoms with van der Waals surface area (Å²) in [7, 11) is 0. The lowest BCUT2D eigenvalue weighted by Gasteiger charge is -2.43. The van der Waals surface area contributed by atoms with Gasteiger partial charge in [-0.1, -0.05) is 47.0 Å². The first-order valence-electron chi connectivity index (χ1n) is 13.7. The SMILES string of the molecule is CCCCOC(OCCCC)(OCCCC)C(C)CCC(F)(F)C(F)(F)C(F)(F)C(F)(F)C(F)(F)C(F)(F)C(F)(F)C(F)(F)F. The summed E-state index contributed by atoms with van der Waals surface area (Å²) in [4.78, 5) is 0. The summed E-state index contributed by atoms with van der Waals surface area (Å²) in [6, 6.07) is 0. The second kappa shape index (κ2) is 15.3. The highest BCUT2D eigenvalue weighted by atomic mass is 19.4.